The molecule has 0 saturated carbocycles. The third-order valence-corrected chi connectivity index (χ3v) is 4.58. The van der Waals surface area contributed by atoms with Gasteiger partial charge in [-0.05, 0) is 54.7 Å². The van der Waals surface area contributed by atoms with Crippen molar-refractivity contribution < 1.29 is 25.1 Å². The normalized spacial score (nSPS) is 11.9. The summed E-state index contributed by atoms with van der Waals surface area (Å²) in [6.07, 6.45) is 8.52. The van der Waals surface area contributed by atoms with Crippen molar-refractivity contribution in [1.82, 2.24) is 0 Å². The summed E-state index contributed by atoms with van der Waals surface area (Å²) in [5, 5.41) is 0. The zero-order valence-corrected chi connectivity index (χ0v) is 19.8. The van der Waals surface area contributed by atoms with Crippen molar-refractivity contribution in [3.63, 3.8) is 0 Å². The van der Waals surface area contributed by atoms with Gasteiger partial charge in [0, 0.05) is 23.3 Å². The molecule has 0 bridgehead atoms. The van der Waals surface area contributed by atoms with Gasteiger partial charge < -0.3 is 19.4 Å². The molecule has 29 heavy (non-hydrogen) atoms. The van der Waals surface area contributed by atoms with Crippen molar-refractivity contribution in [1.29, 1.82) is 0 Å². The molecule has 3 heteroatoms. The van der Waals surface area contributed by atoms with Crippen molar-refractivity contribution in [3.05, 3.63) is 102 Å². The van der Waals surface area contributed by atoms with Crippen LogP contribution < -0.4 is 0 Å². The van der Waals surface area contributed by atoms with Crippen LogP contribution in [0.5, 0.6) is 0 Å². The van der Waals surface area contributed by atoms with Crippen LogP contribution in [0.15, 0.2) is 60.7 Å². The number of unbranched alkanes of at least 4 members (excludes halogenated alkanes) is 1. The Morgan fingerprint density at radius 1 is 0.724 bits per heavy atom. The second-order valence-corrected chi connectivity index (χ2v) is 6.27. The first-order valence-electron chi connectivity index (χ1n) is 10.2. The molecule has 0 fully saturated rings. The topological polar surface area (TPSA) is 25.3 Å². The molecule has 0 atom stereocenters. The predicted octanol–water partition coefficient (Wildman–Crippen LogP) is 7.70. The molecule has 2 aromatic rings. The van der Waals surface area contributed by atoms with Gasteiger partial charge in [0.05, 0.1) is 0 Å². The molecule has 0 amide bonds. The Labute approximate surface area is 191 Å². The summed E-state index contributed by atoms with van der Waals surface area (Å²) >= 11 is 0. The average molecular weight is 481 g/mol. The number of nitrogens with zero attached hydrogens (tertiary/aromatic N) is 2. The minimum absolute atomic E-state index is 0. The first kappa shape index (κ1) is 27.2. The zero-order valence-electron chi connectivity index (χ0n) is 18.2. The van der Waals surface area contributed by atoms with Crippen LogP contribution in [0.4, 0.5) is 0 Å². The van der Waals surface area contributed by atoms with Gasteiger partial charge in [0.1, 0.15) is 0 Å². The molecular weight excluding hydrogens is 447 g/mol. The number of rotatable bonds is 6. The van der Waals surface area contributed by atoms with E-state index in [4.69, 9.17) is 0 Å². The van der Waals surface area contributed by atoms with E-state index >= 15 is 0 Å². The standard InChI is InChI=1S/C22H24N2.2C2H5.Pd/c1-3-5-6-18-9-13-20(14-10-18)22-16-15-21(24(22)23)19-11-7-17(4-2)8-12-19;2*1-2;/h7-16H,3-6H2,1-2H3;2*1H2,2H3;/q;2*-1;+2. The third kappa shape index (κ3) is 7.50. The fourth-order valence-electron chi connectivity index (χ4n) is 3.00. The first-order valence-corrected chi connectivity index (χ1v) is 10.2. The SMILES string of the molecule is CCCCc1ccc(C2=CC=C(c3ccc(CC)cc3)[N+]2=[N-])cc1.[CH2-]C.[CH2-]C.[Pd+2]. The smallest absolute Gasteiger partial charge is 0.493 e. The molecule has 0 N–H and O–H groups in total. The summed E-state index contributed by atoms with van der Waals surface area (Å²) in [5.41, 5.74) is 17.0. The van der Waals surface area contributed by atoms with E-state index in [9.17, 15) is 5.53 Å². The van der Waals surface area contributed by atoms with E-state index in [-0.39, 0.29) is 20.4 Å². The van der Waals surface area contributed by atoms with Gasteiger partial charge in [-0.1, -0.05) is 44.5 Å². The molecule has 0 unspecified atom stereocenters. The second-order valence-electron chi connectivity index (χ2n) is 6.27. The van der Waals surface area contributed by atoms with Gasteiger partial charge in [0.25, 0.3) is 0 Å². The Morgan fingerprint density at radius 2 is 1.14 bits per heavy atom. The van der Waals surface area contributed by atoms with E-state index in [1.807, 2.05) is 12.2 Å². The van der Waals surface area contributed by atoms with Crippen LogP contribution in [0.3, 0.4) is 0 Å². The Hall–Kier alpha value is -1.82. The van der Waals surface area contributed by atoms with Crippen molar-refractivity contribution >= 4 is 11.4 Å². The maximum absolute atomic E-state index is 10.6. The first-order chi connectivity index (χ1) is 13.7. The molecule has 158 valence electrons. The molecule has 0 radical (unpaired) electrons. The van der Waals surface area contributed by atoms with Crippen LogP contribution in [-0.2, 0) is 33.3 Å². The minimum atomic E-state index is 0. The monoisotopic (exact) mass is 480 g/mol. The largest absolute Gasteiger partial charge is 2.00 e. The maximum atomic E-state index is 10.6. The van der Waals surface area contributed by atoms with Gasteiger partial charge in [0.2, 0.25) is 11.4 Å². The Balaban J connectivity index is 0.00000148. The van der Waals surface area contributed by atoms with Gasteiger partial charge in [0.15, 0.2) is 0 Å². The number of aryl methyl sites for hydroxylation is 2. The number of allylic oxidation sites excluding steroid dienone is 2. The maximum Gasteiger partial charge on any atom is 2.00 e. The fraction of sp³-hybridized carbons (Fsp3) is 0.308. The van der Waals surface area contributed by atoms with E-state index in [1.54, 1.807) is 13.8 Å². The summed E-state index contributed by atoms with van der Waals surface area (Å²) in [7, 11) is 0. The van der Waals surface area contributed by atoms with E-state index in [2.05, 4.69) is 76.2 Å². The fourth-order valence-corrected chi connectivity index (χ4v) is 3.00. The molecule has 1 aliphatic rings. The van der Waals surface area contributed by atoms with Gasteiger partial charge in [-0.3, -0.25) is 0 Å². The average Bonchev–Trinajstić information content (AvgIpc) is 3.16. The van der Waals surface area contributed by atoms with E-state index < -0.39 is 0 Å². The molecule has 0 aromatic heterocycles. The van der Waals surface area contributed by atoms with Gasteiger partial charge >= 0.3 is 20.4 Å². The Bertz CT molecular complexity index is 784. The quantitative estimate of drug-likeness (QED) is 0.230. The van der Waals surface area contributed by atoms with Crippen LogP contribution in [0.1, 0.15) is 62.8 Å². The summed E-state index contributed by atoms with van der Waals surface area (Å²) in [5.74, 6) is 0. The summed E-state index contributed by atoms with van der Waals surface area (Å²) in [4.78, 5) is 0. The summed E-state index contributed by atoms with van der Waals surface area (Å²) in [6, 6.07) is 16.9. The third-order valence-electron chi connectivity index (χ3n) is 4.58. The van der Waals surface area contributed by atoms with Gasteiger partial charge in [-0.2, -0.15) is 13.8 Å². The molecule has 0 saturated heterocycles. The van der Waals surface area contributed by atoms with Gasteiger partial charge in [-0.15, -0.1) is 0 Å². The molecule has 2 aromatic carbocycles. The minimum Gasteiger partial charge on any atom is -0.493 e. The van der Waals surface area contributed by atoms with Crippen molar-refractivity contribution in [2.45, 2.75) is 53.4 Å². The molecule has 0 aliphatic carbocycles. The van der Waals surface area contributed by atoms with Crippen LogP contribution in [-0.4, -0.2) is 4.70 Å². The molecular formula is C26H34N2Pd. The van der Waals surface area contributed by atoms with E-state index in [0.29, 0.717) is 0 Å². The van der Waals surface area contributed by atoms with E-state index in [1.165, 1.54) is 28.7 Å². The Kier molecular flexibility index (Phi) is 14.1. The summed E-state index contributed by atoms with van der Waals surface area (Å²) < 4.78 is 1.29. The van der Waals surface area contributed by atoms with E-state index in [0.717, 1.165) is 35.4 Å². The van der Waals surface area contributed by atoms with Crippen LogP contribution in [0.25, 0.3) is 16.9 Å². The second kappa shape index (κ2) is 15.1. The summed E-state index contributed by atoms with van der Waals surface area (Å²) in [6.45, 7) is 14.4. The molecule has 1 aliphatic heterocycles. The van der Waals surface area contributed by atoms with Crippen molar-refractivity contribution in [3.8, 4) is 0 Å². The van der Waals surface area contributed by atoms with Crippen LogP contribution in [0, 0.1) is 13.8 Å². The van der Waals surface area contributed by atoms with Crippen molar-refractivity contribution in [2.24, 2.45) is 0 Å². The van der Waals surface area contributed by atoms with Crippen LogP contribution in [0.2, 0.25) is 0 Å². The molecule has 3 rings (SSSR count). The predicted molar refractivity (Wildman–Crippen MR) is 123 cm³/mol. The Morgan fingerprint density at radius 3 is 1.52 bits per heavy atom. The van der Waals surface area contributed by atoms with Crippen molar-refractivity contribution in [2.75, 3.05) is 0 Å². The molecule has 1 heterocycles. The number of benzene rings is 2. The van der Waals surface area contributed by atoms with Crippen LogP contribution >= 0.6 is 0 Å². The molecule has 2 nitrogen and oxygen atoms in total. The molecule has 0 spiro atoms. The zero-order chi connectivity index (χ0) is 20.9. The number of hydrogen-bond donors (Lipinski definition) is 0. The van der Waals surface area contributed by atoms with Gasteiger partial charge in [-0.25, -0.2) is 4.70 Å². The number of hydrogen-bond acceptors (Lipinski definition) is 0.